The lowest BCUT2D eigenvalue weighted by atomic mass is 10.1. The van der Waals surface area contributed by atoms with Gasteiger partial charge in [-0.1, -0.05) is 0 Å². The number of nitrogens with one attached hydrogen (secondary N) is 1. The van der Waals surface area contributed by atoms with E-state index in [1.807, 2.05) is 0 Å². The van der Waals surface area contributed by atoms with Crippen LogP contribution in [-0.2, 0) is 9.59 Å². The Kier molecular flexibility index (Phi) is 4.32. The summed E-state index contributed by atoms with van der Waals surface area (Å²) in [5, 5.41) is 11.9. The Morgan fingerprint density at radius 2 is 1.91 bits per heavy atom. The summed E-state index contributed by atoms with van der Waals surface area (Å²) in [6.45, 7) is 0.725. The number of aliphatic carboxylic acids is 1. The lowest BCUT2D eigenvalue weighted by Gasteiger charge is -2.16. The lowest BCUT2D eigenvalue weighted by molar-refractivity contribution is -0.141. The molecular formula is C17H20N2O4. The van der Waals surface area contributed by atoms with E-state index in [0.29, 0.717) is 31.2 Å². The summed E-state index contributed by atoms with van der Waals surface area (Å²) in [5.41, 5.74) is 1.34. The van der Waals surface area contributed by atoms with Crippen molar-refractivity contribution in [1.82, 2.24) is 5.32 Å². The van der Waals surface area contributed by atoms with E-state index in [-0.39, 0.29) is 23.8 Å². The Hall–Kier alpha value is -2.37. The average Bonchev–Trinajstić information content (AvgIpc) is 3.16. The molecular weight excluding hydrogens is 296 g/mol. The number of anilines is 1. The van der Waals surface area contributed by atoms with E-state index < -0.39 is 5.97 Å². The fourth-order valence-electron chi connectivity index (χ4n) is 3.32. The van der Waals surface area contributed by atoms with Crippen molar-refractivity contribution in [2.75, 3.05) is 11.4 Å². The van der Waals surface area contributed by atoms with E-state index >= 15 is 0 Å². The molecule has 0 bridgehead atoms. The molecule has 0 spiro atoms. The van der Waals surface area contributed by atoms with Crippen molar-refractivity contribution in [1.29, 1.82) is 0 Å². The van der Waals surface area contributed by atoms with Gasteiger partial charge in [-0.15, -0.1) is 0 Å². The molecule has 0 unspecified atom stereocenters. The Morgan fingerprint density at radius 3 is 2.48 bits per heavy atom. The van der Waals surface area contributed by atoms with Crippen LogP contribution >= 0.6 is 0 Å². The second-order valence-corrected chi connectivity index (χ2v) is 6.21. The van der Waals surface area contributed by atoms with Gasteiger partial charge < -0.3 is 15.3 Å². The van der Waals surface area contributed by atoms with Crippen LogP contribution in [0.1, 0.15) is 42.5 Å². The fourth-order valence-corrected chi connectivity index (χ4v) is 3.32. The molecule has 6 heteroatoms. The van der Waals surface area contributed by atoms with Crippen molar-refractivity contribution < 1.29 is 19.5 Å². The maximum atomic E-state index is 12.2. The zero-order valence-corrected chi connectivity index (χ0v) is 12.8. The van der Waals surface area contributed by atoms with Gasteiger partial charge in [0.25, 0.3) is 5.91 Å². The van der Waals surface area contributed by atoms with Gasteiger partial charge in [0.2, 0.25) is 5.91 Å². The van der Waals surface area contributed by atoms with Crippen LogP contribution in [0.2, 0.25) is 0 Å². The molecule has 1 aromatic rings. The van der Waals surface area contributed by atoms with Crippen LogP contribution in [0, 0.1) is 5.92 Å². The summed E-state index contributed by atoms with van der Waals surface area (Å²) in [7, 11) is 0. The van der Waals surface area contributed by atoms with Gasteiger partial charge in [0.1, 0.15) is 0 Å². The Bertz CT molecular complexity index is 626. The van der Waals surface area contributed by atoms with Crippen molar-refractivity contribution in [2.24, 2.45) is 5.92 Å². The Balaban J connectivity index is 1.60. The first kappa shape index (κ1) is 15.5. The van der Waals surface area contributed by atoms with E-state index in [0.717, 1.165) is 18.7 Å². The molecule has 1 saturated carbocycles. The normalized spacial score (nSPS) is 24.0. The zero-order valence-electron chi connectivity index (χ0n) is 12.8. The summed E-state index contributed by atoms with van der Waals surface area (Å²) >= 11 is 0. The molecule has 0 radical (unpaired) electrons. The highest BCUT2D eigenvalue weighted by atomic mass is 16.4. The Labute approximate surface area is 134 Å². The van der Waals surface area contributed by atoms with E-state index in [1.165, 1.54) is 0 Å². The van der Waals surface area contributed by atoms with Gasteiger partial charge in [-0.05, 0) is 49.9 Å². The van der Waals surface area contributed by atoms with Gasteiger partial charge in [0.15, 0.2) is 0 Å². The van der Waals surface area contributed by atoms with E-state index in [1.54, 1.807) is 29.2 Å². The van der Waals surface area contributed by atoms with Gasteiger partial charge in [-0.2, -0.15) is 0 Å². The van der Waals surface area contributed by atoms with E-state index in [2.05, 4.69) is 5.32 Å². The SMILES string of the molecule is O=C(N[C@@H]1CC[C@H](C(=O)O)C1)c1ccc(N2CCCC2=O)cc1. The monoisotopic (exact) mass is 316 g/mol. The molecule has 1 aliphatic carbocycles. The van der Waals surface area contributed by atoms with Crippen molar-refractivity contribution in [3.8, 4) is 0 Å². The highest BCUT2D eigenvalue weighted by Crippen LogP contribution is 2.26. The second kappa shape index (κ2) is 6.40. The number of nitrogens with zero attached hydrogens (tertiary/aromatic N) is 1. The summed E-state index contributed by atoms with van der Waals surface area (Å²) in [4.78, 5) is 36.6. The van der Waals surface area contributed by atoms with Gasteiger partial charge in [0, 0.05) is 30.3 Å². The number of carboxylic acids is 1. The zero-order chi connectivity index (χ0) is 16.4. The van der Waals surface area contributed by atoms with Crippen LogP contribution in [-0.4, -0.2) is 35.5 Å². The number of carboxylic acid groups (broad SMARTS) is 1. The molecule has 1 heterocycles. The van der Waals surface area contributed by atoms with Crippen molar-refractivity contribution in [2.45, 2.75) is 38.1 Å². The number of amides is 2. The van der Waals surface area contributed by atoms with Crippen LogP contribution in [0.25, 0.3) is 0 Å². The number of hydrogen-bond donors (Lipinski definition) is 2. The molecule has 23 heavy (non-hydrogen) atoms. The first-order chi connectivity index (χ1) is 11.0. The maximum Gasteiger partial charge on any atom is 0.306 e. The van der Waals surface area contributed by atoms with Crippen LogP contribution < -0.4 is 10.2 Å². The summed E-state index contributed by atoms with van der Waals surface area (Å²) in [5.74, 6) is -1.22. The van der Waals surface area contributed by atoms with Crippen LogP contribution in [0.4, 0.5) is 5.69 Å². The summed E-state index contributed by atoms with van der Waals surface area (Å²) in [6, 6.07) is 6.91. The maximum absolute atomic E-state index is 12.2. The topological polar surface area (TPSA) is 86.7 Å². The highest BCUT2D eigenvalue weighted by molar-refractivity contribution is 5.97. The smallest absolute Gasteiger partial charge is 0.306 e. The quantitative estimate of drug-likeness (QED) is 0.887. The number of hydrogen-bond acceptors (Lipinski definition) is 3. The van der Waals surface area contributed by atoms with E-state index in [4.69, 9.17) is 5.11 Å². The van der Waals surface area contributed by atoms with Crippen molar-refractivity contribution in [3.05, 3.63) is 29.8 Å². The van der Waals surface area contributed by atoms with Crippen LogP contribution in [0.5, 0.6) is 0 Å². The highest BCUT2D eigenvalue weighted by Gasteiger charge is 2.30. The fraction of sp³-hybridized carbons (Fsp3) is 0.471. The molecule has 0 aromatic heterocycles. The van der Waals surface area contributed by atoms with Gasteiger partial charge in [-0.25, -0.2) is 0 Å². The average molecular weight is 316 g/mol. The summed E-state index contributed by atoms with van der Waals surface area (Å²) < 4.78 is 0. The number of benzene rings is 1. The number of carbonyl (C=O) groups is 3. The lowest BCUT2D eigenvalue weighted by Crippen LogP contribution is -2.33. The minimum absolute atomic E-state index is 0.0802. The number of rotatable bonds is 4. The molecule has 1 aliphatic heterocycles. The van der Waals surface area contributed by atoms with Gasteiger partial charge in [-0.3, -0.25) is 14.4 Å². The Morgan fingerprint density at radius 1 is 1.17 bits per heavy atom. The number of carbonyl (C=O) groups excluding carboxylic acids is 2. The third-order valence-electron chi connectivity index (χ3n) is 4.63. The molecule has 3 rings (SSSR count). The van der Waals surface area contributed by atoms with E-state index in [9.17, 15) is 14.4 Å². The van der Waals surface area contributed by atoms with Crippen molar-refractivity contribution >= 4 is 23.5 Å². The molecule has 6 nitrogen and oxygen atoms in total. The van der Waals surface area contributed by atoms with Gasteiger partial charge >= 0.3 is 5.97 Å². The predicted molar refractivity (Wildman–Crippen MR) is 84.3 cm³/mol. The minimum atomic E-state index is -0.790. The molecule has 2 fully saturated rings. The second-order valence-electron chi connectivity index (χ2n) is 6.21. The molecule has 2 N–H and O–H groups in total. The predicted octanol–water partition coefficient (Wildman–Crippen LogP) is 1.80. The van der Waals surface area contributed by atoms with Crippen LogP contribution in [0.3, 0.4) is 0 Å². The third kappa shape index (κ3) is 3.36. The summed E-state index contributed by atoms with van der Waals surface area (Å²) in [6.07, 6.45) is 3.24. The molecule has 1 aromatic carbocycles. The largest absolute Gasteiger partial charge is 0.481 e. The van der Waals surface area contributed by atoms with Gasteiger partial charge in [0.05, 0.1) is 5.92 Å². The first-order valence-corrected chi connectivity index (χ1v) is 7.98. The molecule has 2 aliphatic rings. The standard InChI is InChI=1S/C17H20N2O4/c20-15-2-1-9-19(15)14-7-4-11(5-8-14)16(21)18-13-6-3-12(10-13)17(22)23/h4-5,7-8,12-13H,1-3,6,9-10H2,(H,18,21)(H,22,23)/t12-,13+/m0/s1. The molecule has 122 valence electrons. The third-order valence-corrected chi connectivity index (χ3v) is 4.63. The van der Waals surface area contributed by atoms with Crippen molar-refractivity contribution in [3.63, 3.8) is 0 Å². The molecule has 2 amide bonds. The molecule has 1 saturated heterocycles. The van der Waals surface area contributed by atoms with Crippen LogP contribution in [0.15, 0.2) is 24.3 Å². The molecule has 2 atom stereocenters. The first-order valence-electron chi connectivity index (χ1n) is 7.98. The minimum Gasteiger partial charge on any atom is -0.481 e.